The second-order valence-corrected chi connectivity index (χ2v) is 7.21. The number of piperidine rings is 1. The van der Waals surface area contributed by atoms with Crippen LogP contribution in [0.5, 0.6) is 0 Å². The van der Waals surface area contributed by atoms with Crippen LogP contribution in [0.4, 0.5) is 4.79 Å². The molecular weight excluding hydrogens is 324 g/mol. The standard InChI is InChI=1S/C18H24N2O3S/c21-17(19-9-5-2-6-10-19)16-11-15(24)12-20(16)18(22)23-13-14-7-3-1-4-8-14/h1,3-4,7-8,15-16,24H,2,5-6,9-13H2. The predicted molar refractivity (Wildman–Crippen MR) is 94.9 cm³/mol. The average molecular weight is 348 g/mol. The average Bonchev–Trinajstić information content (AvgIpc) is 3.02. The van der Waals surface area contributed by atoms with Crippen molar-refractivity contribution in [3.63, 3.8) is 0 Å². The highest BCUT2D eigenvalue weighted by atomic mass is 32.1. The van der Waals surface area contributed by atoms with Crippen molar-refractivity contribution in [1.29, 1.82) is 0 Å². The van der Waals surface area contributed by atoms with Gasteiger partial charge in [-0.15, -0.1) is 0 Å². The fourth-order valence-corrected chi connectivity index (χ4v) is 3.75. The Balaban J connectivity index is 1.61. The van der Waals surface area contributed by atoms with Crippen molar-refractivity contribution in [1.82, 2.24) is 9.80 Å². The molecule has 2 heterocycles. The van der Waals surface area contributed by atoms with Crippen LogP contribution >= 0.6 is 12.6 Å². The summed E-state index contributed by atoms with van der Waals surface area (Å²) in [5, 5.41) is 0.0213. The van der Waals surface area contributed by atoms with Gasteiger partial charge in [0.15, 0.2) is 0 Å². The molecule has 2 unspecified atom stereocenters. The van der Waals surface area contributed by atoms with E-state index in [1.54, 1.807) is 4.90 Å². The van der Waals surface area contributed by atoms with Crippen molar-refractivity contribution in [3.05, 3.63) is 35.9 Å². The van der Waals surface area contributed by atoms with E-state index in [1.807, 2.05) is 35.2 Å². The van der Waals surface area contributed by atoms with Crippen LogP contribution in [0.2, 0.25) is 0 Å². The van der Waals surface area contributed by atoms with Gasteiger partial charge in [0, 0.05) is 24.9 Å². The number of amides is 2. The third-order valence-electron chi connectivity index (χ3n) is 4.67. The Morgan fingerprint density at radius 3 is 2.54 bits per heavy atom. The lowest BCUT2D eigenvalue weighted by atomic mass is 10.1. The number of rotatable bonds is 3. The lowest BCUT2D eigenvalue weighted by molar-refractivity contribution is -0.136. The van der Waals surface area contributed by atoms with Crippen LogP contribution in [0, 0.1) is 0 Å². The number of carbonyl (C=O) groups is 2. The summed E-state index contributed by atoms with van der Waals surface area (Å²) in [4.78, 5) is 28.7. The molecule has 2 saturated heterocycles. The summed E-state index contributed by atoms with van der Waals surface area (Å²) >= 11 is 4.48. The fourth-order valence-electron chi connectivity index (χ4n) is 3.38. The summed E-state index contributed by atoms with van der Waals surface area (Å²) < 4.78 is 5.41. The normalized spacial score (nSPS) is 24.0. The van der Waals surface area contributed by atoms with Gasteiger partial charge in [0.25, 0.3) is 0 Å². The van der Waals surface area contributed by atoms with E-state index in [2.05, 4.69) is 12.6 Å². The lowest BCUT2D eigenvalue weighted by Crippen LogP contribution is -2.49. The first-order valence-electron chi connectivity index (χ1n) is 8.59. The quantitative estimate of drug-likeness (QED) is 0.855. The predicted octanol–water partition coefficient (Wildman–Crippen LogP) is 2.71. The fraction of sp³-hybridized carbons (Fsp3) is 0.556. The van der Waals surface area contributed by atoms with Gasteiger partial charge in [-0.25, -0.2) is 4.79 Å². The Kier molecular flexibility index (Phi) is 5.66. The number of benzene rings is 1. The molecule has 6 heteroatoms. The molecule has 2 aliphatic rings. The zero-order valence-corrected chi connectivity index (χ0v) is 14.7. The first kappa shape index (κ1) is 17.1. The molecule has 2 atom stereocenters. The van der Waals surface area contributed by atoms with Crippen LogP contribution < -0.4 is 0 Å². The van der Waals surface area contributed by atoms with Crippen LogP contribution in [0.1, 0.15) is 31.2 Å². The van der Waals surface area contributed by atoms with E-state index in [-0.39, 0.29) is 17.8 Å². The summed E-state index contributed by atoms with van der Waals surface area (Å²) in [6.07, 6.45) is 3.43. The number of carbonyl (C=O) groups excluding carboxylic acids is 2. The van der Waals surface area contributed by atoms with Crippen molar-refractivity contribution in [2.45, 2.75) is 43.6 Å². The number of hydrogen-bond donors (Lipinski definition) is 1. The van der Waals surface area contributed by atoms with Gasteiger partial charge < -0.3 is 9.64 Å². The van der Waals surface area contributed by atoms with Gasteiger partial charge in [-0.1, -0.05) is 30.3 Å². The van der Waals surface area contributed by atoms with Gasteiger partial charge in [-0.2, -0.15) is 12.6 Å². The summed E-state index contributed by atoms with van der Waals surface area (Å²) in [5.41, 5.74) is 0.936. The number of likely N-dealkylation sites (tertiary alicyclic amines) is 2. The Morgan fingerprint density at radius 2 is 1.83 bits per heavy atom. The molecule has 0 saturated carbocycles. The van der Waals surface area contributed by atoms with Gasteiger partial charge in [-0.3, -0.25) is 9.69 Å². The molecule has 2 amide bonds. The summed E-state index contributed by atoms with van der Waals surface area (Å²) in [6, 6.07) is 9.12. The van der Waals surface area contributed by atoms with Gasteiger partial charge in [0.1, 0.15) is 12.6 Å². The number of hydrogen-bond acceptors (Lipinski definition) is 4. The molecule has 2 aliphatic heterocycles. The molecule has 5 nitrogen and oxygen atoms in total. The van der Waals surface area contributed by atoms with Crippen molar-refractivity contribution < 1.29 is 14.3 Å². The third kappa shape index (κ3) is 4.04. The van der Waals surface area contributed by atoms with E-state index in [0.717, 1.165) is 31.5 Å². The third-order valence-corrected chi connectivity index (χ3v) is 5.05. The van der Waals surface area contributed by atoms with Crippen molar-refractivity contribution in [2.24, 2.45) is 0 Å². The molecule has 2 fully saturated rings. The van der Waals surface area contributed by atoms with E-state index in [4.69, 9.17) is 4.74 Å². The van der Waals surface area contributed by atoms with Gasteiger partial charge in [0.2, 0.25) is 5.91 Å². The summed E-state index contributed by atoms with van der Waals surface area (Å²) in [7, 11) is 0. The SMILES string of the molecule is O=C(C1CC(S)CN1C(=O)OCc1ccccc1)N1CCCCC1. The second-order valence-electron chi connectivity index (χ2n) is 6.48. The smallest absolute Gasteiger partial charge is 0.410 e. The van der Waals surface area contributed by atoms with E-state index in [0.29, 0.717) is 13.0 Å². The minimum atomic E-state index is -0.436. The molecule has 0 radical (unpaired) electrons. The molecule has 0 bridgehead atoms. The molecule has 1 aromatic rings. The Labute approximate surface area is 148 Å². The maximum Gasteiger partial charge on any atom is 0.410 e. The van der Waals surface area contributed by atoms with Crippen molar-refractivity contribution >= 4 is 24.6 Å². The molecule has 0 aliphatic carbocycles. The molecule has 24 heavy (non-hydrogen) atoms. The molecule has 0 spiro atoms. The maximum atomic E-state index is 12.8. The Bertz CT molecular complexity index is 575. The molecular formula is C18H24N2O3S. The largest absolute Gasteiger partial charge is 0.445 e. The van der Waals surface area contributed by atoms with E-state index in [1.165, 1.54) is 6.42 Å². The monoisotopic (exact) mass is 348 g/mol. The minimum Gasteiger partial charge on any atom is -0.445 e. The topological polar surface area (TPSA) is 49.9 Å². The van der Waals surface area contributed by atoms with Crippen molar-refractivity contribution in [2.75, 3.05) is 19.6 Å². The first-order chi connectivity index (χ1) is 11.6. The van der Waals surface area contributed by atoms with E-state index >= 15 is 0 Å². The van der Waals surface area contributed by atoms with Crippen LogP contribution in [-0.4, -0.2) is 52.7 Å². The van der Waals surface area contributed by atoms with Crippen LogP contribution in [0.15, 0.2) is 30.3 Å². The highest BCUT2D eigenvalue weighted by Crippen LogP contribution is 2.25. The second kappa shape index (κ2) is 7.92. The highest BCUT2D eigenvalue weighted by molar-refractivity contribution is 7.81. The molecule has 1 aromatic carbocycles. The van der Waals surface area contributed by atoms with E-state index < -0.39 is 12.1 Å². The van der Waals surface area contributed by atoms with Crippen LogP contribution in [0.25, 0.3) is 0 Å². The zero-order chi connectivity index (χ0) is 16.9. The molecule has 130 valence electrons. The number of ether oxygens (including phenoxy) is 1. The van der Waals surface area contributed by atoms with Gasteiger partial charge in [0.05, 0.1) is 0 Å². The minimum absolute atomic E-state index is 0.0213. The van der Waals surface area contributed by atoms with Crippen molar-refractivity contribution in [3.8, 4) is 0 Å². The van der Waals surface area contributed by atoms with Gasteiger partial charge in [-0.05, 0) is 31.2 Å². The Hall–Kier alpha value is -1.69. The highest BCUT2D eigenvalue weighted by Gasteiger charge is 2.41. The number of thiol groups is 1. The number of nitrogens with zero attached hydrogens (tertiary/aromatic N) is 2. The van der Waals surface area contributed by atoms with Gasteiger partial charge >= 0.3 is 6.09 Å². The molecule has 0 aromatic heterocycles. The van der Waals surface area contributed by atoms with Crippen LogP contribution in [-0.2, 0) is 16.1 Å². The van der Waals surface area contributed by atoms with Crippen LogP contribution in [0.3, 0.4) is 0 Å². The lowest BCUT2D eigenvalue weighted by Gasteiger charge is -2.32. The first-order valence-corrected chi connectivity index (χ1v) is 9.11. The zero-order valence-electron chi connectivity index (χ0n) is 13.8. The molecule has 0 N–H and O–H groups in total. The molecule has 3 rings (SSSR count). The van der Waals surface area contributed by atoms with E-state index in [9.17, 15) is 9.59 Å². The summed E-state index contributed by atoms with van der Waals surface area (Å²) in [5.74, 6) is 0.0444. The summed E-state index contributed by atoms with van der Waals surface area (Å²) in [6.45, 7) is 2.26. The Morgan fingerprint density at radius 1 is 1.12 bits per heavy atom. The maximum absolute atomic E-state index is 12.8.